The summed E-state index contributed by atoms with van der Waals surface area (Å²) in [5, 5.41) is 0. The van der Waals surface area contributed by atoms with Crippen molar-refractivity contribution in [2.24, 2.45) is 0 Å². The van der Waals surface area contributed by atoms with Crippen LogP contribution in [0.15, 0.2) is 0 Å². The molecule has 0 saturated heterocycles. The maximum Gasteiger partial charge on any atom is 0.507 e. The zero-order valence-corrected chi connectivity index (χ0v) is 3.02. The van der Waals surface area contributed by atoms with Crippen molar-refractivity contribution in [3.8, 4) is 0 Å². The highest BCUT2D eigenvalue weighted by molar-refractivity contribution is 7.45. The topological polar surface area (TPSA) is 57.5 Å². The van der Waals surface area contributed by atoms with Gasteiger partial charge in [0.05, 0.1) is 0 Å². The minimum Gasteiger partial charge on any atom is -0.299 e. The molecule has 0 atom stereocenters. The molecule has 36 valence electrons. The summed E-state index contributed by atoms with van der Waals surface area (Å²) in [6.07, 6.45) is 0. The van der Waals surface area contributed by atoms with Gasteiger partial charge in [-0.25, -0.2) is 4.57 Å². The SMILES string of the molecule is O=P(O)(O)F.[MgH2]. The zero-order valence-electron chi connectivity index (χ0n) is 2.13. The fraction of sp³-hybridized carbons (Fsp3) is 0. The monoisotopic (exact) mass is 126 g/mol. The van der Waals surface area contributed by atoms with E-state index in [4.69, 9.17) is 14.4 Å². The molecular formula is H4FMgO3P. The van der Waals surface area contributed by atoms with E-state index in [0.717, 1.165) is 0 Å². The Balaban J connectivity index is 0. The van der Waals surface area contributed by atoms with E-state index in [9.17, 15) is 4.20 Å². The first kappa shape index (κ1) is 9.96. The summed E-state index contributed by atoms with van der Waals surface area (Å²) in [7, 11) is -5.14. The molecule has 3 nitrogen and oxygen atoms in total. The van der Waals surface area contributed by atoms with E-state index in [0.29, 0.717) is 0 Å². The Hall–Kier alpha value is 0.846. The highest BCUT2D eigenvalue weighted by atomic mass is 31.2. The van der Waals surface area contributed by atoms with E-state index >= 15 is 0 Å². The van der Waals surface area contributed by atoms with E-state index in [-0.39, 0.29) is 23.1 Å². The lowest BCUT2D eigenvalue weighted by Gasteiger charge is -1.77. The standard InChI is InChI=1S/FH2O3P.Mg.2H/c1-5(2,3)4;;;/h(H2,2,3,4);;;. The highest BCUT2D eigenvalue weighted by Crippen LogP contribution is 2.34. The second-order valence-corrected chi connectivity index (χ2v) is 1.42. The van der Waals surface area contributed by atoms with Crippen LogP contribution in [0.3, 0.4) is 0 Å². The molecule has 0 saturated carbocycles. The van der Waals surface area contributed by atoms with E-state index in [2.05, 4.69) is 0 Å². The van der Waals surface area contributed by atoms with Crippen LogP contribution in [0.1, 0.15) is 0 Å². The number of rotatable bonds is 0. The lowest BCUT2D eigenvalue weighted by Crippen LogP contribution is -1.56. The maximum atomic E-state index is 10.4. The summed E-state index contributed by atoms with van der Waals surface area (Å²) < 4.78 is 19.0. The molecule has 0 radical (unpaired) electrons. The Bertz CT molecular complexity index is 56.9. The van der Waals surface area contributed by atoms with Crippen LogP contribution in [0.4, 0.5) is 4.20 Å². The van der Waals surface area contributed by atoms with Gasteiger partial charge in [0.2, 0.25) is 0 Å². The average molecular weight is 126 g/mol. The molecule has 0 aromatic rings. The molecule has 0 unspecified atom stereocenters. The predicted octanol–water partition coefficient (Wildman–Crippen LogP) is -0.868. The molecule has 0 fully saturated rings. The number of halogens is 1. The van der Waals surface area contributed by atoms with Gasteiger partial charge in [0, 0.05) is 0 Å². The Labute approximate surface area is 50.0 Å². The summed E-state index contributed by atoms with van der Waals surface area (Å²) in [4.78, 5) is 13.9. The average Bonchev–Trinajstić information content (AvgIpc) is 0.722. The van der Waals surface area contributed by atoms with Gasteiger partial charge >= 0.3 is 31.0 Å². The van der Waals surface area contributed by atoms with Crippen LogP contribution in [-0.2, 0) is 4.57 Å². The van der Waals surface area contributed by atoms with E-state index in [1.54, 1.807) is 0 Å². The van der Waals surface area contributed by atoms with Gasteiger partial charge in [-0.1, -0.05) is 0 Å². The Morgan fingerprint density at radius 1 is 1.50 bits per heavy atom. The molecule has 6 heteroatoms. The summed E-state index contributed by atoms with van der Waals surface area (Å²) in [5.41, 5.74) is 0. The summed E-state index contributed by atoms with van der Waals surface area (Å²) in [6.45, 7) is 0. The van der Waals surface area contributed by atoms with E-state index in [1.165, 1.54) is 0 Å². The molecule has 0 aromatic heterocycles. The normalized spacial score (nSPS) is 9.83. The predicted molar refractivity (Wildman–Crippen MR) is 21.7 cm³/mol. The Morgan fingerprint density at radius 2 is 1.50 bits per heavy atom. The molecule has 0 aromatic carbocycles. The fourth-order valence-corrected chi connectivity index (χ4v) is 0. The van der Waals surface area contributed by atoms with Crippen LogP contribution in [-0.4, -0.2) is 32.8 Å². The molecule has 6 heavy (non-hydrogen) atoms. The van der Waals surface area contributed by atoms with Crippen LogP contribution in [0.2, 0.25) is 0 Å². The van der Waals surface area contributed by atoms with Crippen LogP contribution in [0, 0.1) is 0 Å². The quantitative estimate of drug-likeness (QED) is 0.328. The molecule has 0 spiro atoms. The minimum atomic E-state index is -5.14. The van der Waals surface area contributed by atoms with Gasteiger partial charge in [-0.15, -0.1) is 4.20 Å². The molecule has 0 bridgehead atoms. The third kappa shape index (κ3) is 100. The third-order valence-corrected chi connectivity index (χ3v) is 0. The van der Waals surface area contributed by atoms with Crippen molar-refractivity contribution in [3.63, 3.8) is 0 Å². The molecule has 0 heterocycles. The van der Waals surface area contributed by atoms with Gasteiger partial charge in [0.25, 0.3) is 0 Å². The molecule has 0 rings (SSSR count). The van der Waals surface area contributed by atoms with Crippen molar-refractivity contribution in [1.82, 2.24) is 0 Å². The van der Waals surface area contributed by atoms with Crippen molar-refractivity contribution in [2.75, 3.05) is 0 Å². The van der Waals surface area contributed by atoms with Gasteiger partial charge in [0.15, 0.2) is 0 Å². The molecule has 0 aliphatic rings. The molecule has 0 amide bonds. The number of hydrogen-bond donors (Lipinski definition) is 2. The summed E-state index contributed by atoms with van der Waals surface area (Å²) in [5.74, 6) is 0. The molecule has 0 aliphatic heterocycles. The lowest BCUT2D eigenvalue weighted by molar-refractivity contribution is 0.322. The highest BCUT2D eigenvalue weighted by Gasteiger charge is 2.04. The third-order valence-electron chi connectivity index (χ3n) is 0. The minimum absolute atomic E-state index is 0. The summed E-state index contributed by atoms with van der Waals surface area (Å²) in [6, 6.07) is 0. The van der Waals surface area contributed by atoms with E-state index < -0.39 is 7.91 Å². The van der Waals surface area contributed by atoms with Gasteiger partial charge < -0.3 is 0 Å². The van der Waals surface area contributed by atoms with Gasteiger partial charge in [0.1, 0.15) is 0 Å². The van der Waals surface area contributed by atoms with Crippen LogP contribution < -0.4 is 0 Å². The first-order valence-electron chi connectivity index (χ1n) is 0.752. The maximum absolute atomic E-state index is 10.4. The second-order valence-electron chi connectivity index (χ2n) is 0.473. The summed E-state index contributed by atoms with van der Waals surface area (Å²) >= 11 is 0. The van der Waals surface area contributed by atoms with Crippen molar-refractivity contribution in [2.45, 2.75) is 0 Å². The van der Waals surface area contributed by atoms with Crippen molar-refractivity contribution < 1.29 is 18.5 Å². The first-order valence-corrected chi connectivity index (χ1v) is 2.25. The largest absolute Gasteiger partial charge is 0.507 e. The van der Waals surface area contributed by atoms with Crippen LogP contribution >= 0.6 is 7.91 Å². The molecule has 2 N–H and O–H groups in total. The fourth-order valence-electron chi connectivity index (χ4n) is 0. The van der Waals surface area contributed by atoms with Gasteiger partial charge in [-0.3, -0.25) is 9.79 Å². The Morgan fingerprint density at radius 3 is 1.50 bits per heavy atom. The van der Waals surface area contributed by atoms with Crippen LogP contribution in [0.25, 0.3) is 0 Å². The molecule has 0 aliphatic carbocycles. The van der Waals surface area contributed by atoms with Crippen molar-refractivity contribution in [1.29, 1.82) is 0 Å². The van der Waals surface area contributed by atoms with Gasteiger partial charge in [-0.2, -0.15) is 0 Å². The second kappa shape index (κ2) is 2.93. The zero-order chi connectivity index (χ0) is 4.50. The van der Waals surface area contributed by atoms with Crippen molar-refractivity contribution in [3.05, 3.63) is 0 Å². The van der Waals surface area contributed by atoms with Gasteiger partial charge in [-0.05, 0) is 0 Å². The van der Waals surface area contributed by atoms with E-state index in [1.807, 2.05) is 0 Å². The smallest absolute Gasteiger partial charge is 0.299 e. The lowest BCUT2D eigenvalue weighted by atomic mass is 15.8. The first-order chi connectivity index (χ1) is 2.00. The number of hydrogen-bond acceptors (Lipinski definition) is 1. The Kier molecular flexibility index (Phi) is 4.86. The molecular weight excluding hydrogens is 122 g/mol. The van der Waals surface area contributed by atoms with Crippen LogP contribution in [0.5, 0.6) is 0 Å². The van der Waals surface area contributed by atoms with Crippen molar-refractivity contribution >= 4 is 31.0 Å².